The summed E-state index contributed by atoms with van der Waals surface area (Å²) in [6.07, 6.45) is 4.88. The third-order valence-corrected chi connectivity index (χ3v) is 5.57. The maximum absolute atomic E-state index is 4.90. The predicted octanol–water partition coefficient (Wildman–Crippen LogP) is 3.19. The molecule has 1 aliphatic rings. The van der Waals surface area contributed by atoms with E-state index >= 15 is 0 Å². The molecule has 5 rings (SSSR count). The zero-order valence-corrected chi connectivity index (χ0v) is 16.6. The standard InChI is InChI=1S/C22H23N7/c1-14-4-3-5-20(26-14)22-17(13-25-28-22)18-6-7-19-21(27-18)10-16(12-24-19)29(2)15-8-9-23-11-15/h3-7,10,12-13,15,23H,8-9,11H2,1-2H3,(H,25,28). The average Bonchev–Trinajstić information content (AvgIpc) is 3.44. The van der Waals surface area contributed by atoms with Crippen molar-refractivity contribution in [2.75, 3.05) is 25.0 Å². The summed E-state index contributed by atoms with van der Waals surface area (Å²) in [5, 5.41) is 10.7. The van der Waals surface area contributed by atoms with Gasteiger partial charge in [-0.2, -0.15) is 5.10 Å². The molecule has 0 aliphatic carbocycles. The fourth-order valence-electron chi connectivity index (χ4n) is 3.88. The molecule has 29 heavy (non-hydrogen) atoms. The van der Waals surface area contributed by atoms with Crippen LogP contribution in [0.5, 0.6) is 0 Å². The summed E-state index contributed by atoms with van der Waals surface area (Å²) in [6.45, 7) is 4.05. The van der Waals surface area contributed by atoms with Gasteiger partial charge < -0.3 is 10.2 Å². The van der Waals surface area contributed by atoms with Gasteiger partial charge in [0.25, 0.3) is 0 Å². The summed E-state index contributed by atoms with van der Waals surface area (Å²) in [5.41, 5.74) is 7.34. The van der Waals surface area contributed by atoms with Crippen LogP contribution >= 0.6 is 0 Å². The molecule has 7 nitrogen and oxygen atoms in total. The largest absolute Gasteiger partial charge is 0.369 e. The highest BCUT2D eigenvalue weighted by molar-refractivity contribution is 5.84. The molecule has 5 heterocycles. The number of aromatic amines is 1. The molecule has 0 radical (unpaired) electrons. The summed E-state index contributed by atoms with van der Waals surface area (Å²) < 4.78 is 0. The van der Waals surface area contributed by atoms with Crippen LogP contribution in [0.4, 0.5) is 5.69 Å². The molecular formula is C22H23N7. The van der Waals surface area contributed by atoms with E-state index in [4.69, 9.17) is 4.98 Å². The van der Waals surface area contributed by atoms with Crippen molar-refractivity contribution in [3.05, 3.63) is 54.5 Å². The number of rotatable bonds is 4. The van der Waals surface area contributed by atoms with E-state index in [-0.39, 0.29) is 0 Å². The van der Waals surface area contributed by atoms with E-state index in [0.29, 0.717) is 6.04 Å². The van der Waals surface area contributed by atoms with Crippen molar-refractivity contribution in [2.45, 2.75) is 19.4 Å². The molecule has 4 aromatic rings. The van der Waals surface area contributed by atoms with Crippen molar-refractivity contribution >= 4 is 16.7 Å². The monoisotopic (exact) mass is 385 g/mol. The molecule has 1 saturated heterocycles. The van der Waals surface area contributed by atoms with Gasteiger partial charge >= 0.3 is 0 Å². The molecule has 1 unspecified atom stereocenters. The van der Waals surface area contributed by atoms with Crippen LogP contribution in [-0.2, 0) is 0 Å². The van der Waals surface area contributed by atoms with E-state index in [1.54, 1.807) is 6.20 Å². The number of nitrogens with one attached hydrogen (secondary N) is 2. The number of anilines is 1. The van der Waals surface area contributed by atoms with Crippen molar-refractivity contribution in [1.82, 2.24) is 30.5 Å². The van der Waals surface area contributed by atoms with Crippen LogP contribution in [0, 0.1) is 6.92 Å². The first-order valence-electron chi connectivity index (χ1n) is 9.87. The topological polar surface area (TPSA) is 82.6 Å². The molecule has 0 spiro atoms. The molecule has 0 amide bonds. The van der Waals surface area contributed by atoms with E-state index in [9.17, 15) is 0 Å². The second-order valence-corrected chi connectivity index (χ2v) is 7.51. The Bertz CT molecular complexity index is 1160. The van der Waals surface area contributed by atoms with Gasteiger partial charge in [-0.1, -0.05) is 6.07 Å². The highest BCUT2D eigenvalue weighted by atomic mass is 15.2. The van der Waals surface area contributed by atoms with Gasteiger partial charge in [0.1, 0.15) is 0 Å². The molecule has 0 aromatic carbocycles. The third kappa shape index (κ3) is 3.34. The van der Waals surface area contributed by atoms with Crippen LogP contribution in [-0.4, -0.2) is 51.3 Å². The lowest BCUT2D eigenvalue weighted by Crippen LogP contribution is -2.33. The quantitative estimate of drug-likeness (QED) is 0.561. The molecule has 146 valence electrons. The Labute approximate surface area is 169 Å². The Balaban J connectivity index is 1.54. The minimum Gasteiger partial charge on any atom is -0.369 e. The van der Waals surface area contributed by atoms with Gasteiger partial charge in [0, 0.05) is 30.9 Å². The van der Waals surface area contributed by atoms with Crippen molar-refractivity contribution in [3.63, 3.8) is 0 Å². The molecule has 0 bridgehead atoms. The van der Waals surface area contributed by atoms with Crippen LogP contribution in [0.2, 0.25) is 0 Å². The summed E-state index contributed by atoms with van der Waals surface area (Å²) in [4.78, 5) is 16.4. The van der Waals surface area contributed by atoms with E-state index in [1.807, 2.05) is 43.5 Å². The molecule has 4 aromatic heterocycles. The Kier molecular flexibility index (Phi) is 4.44. The number of aromatic nitrogens is 5. The molecular weight excluding hydrogens is 362 g/mol. The number of likely N-dealkylation sites (N-methyl/N-ethyl adjacent to an activating group) is 1. The van der Waals surface area contributed by atoms with Crippen LogP contribution in [0.3, 0.4) is 0 Å². The summed E-state index contributed by atoms with van der Waals surface area (Å²) in [7, 11) is 2.13. The Hall–Kier alpha value is -3.32. The fraction of sp³-hybridized carbons (Fsp3) is 0.273. The van der Waals surface area contributed by atoms with Crippen molar-refractivity contribution in [2.24, 2.45) is 0 Å². The highest BCUT2D eigenvalue weighted by Crippen LogP contribution is 2.30. The second-order valence-electron chi connectivity index (χ2n) is 7.51. The van der Waals surface area contributed by atoms with Gasteiger partial charge in [-0.05, 0) is 50.2 Å². The predicted molar refractivity (Wildman–Crippen MR) is 115 cm³/mol. The summed E-state index contributed by atoms with van der Waals surface area (Å²) >= 11 is 0. The molecule has 7 heteroatoms. The third-order valence-electron chi connectivity index (χ3n) is 5.57. The highest BCUT2D eigenvalue weighted by Gasteiger charge is 2.20. The minimum atomic E-state index is 0.491. The number of hydrogen-bond donors (Lipinski definition) is 2. The summed E-state index contributed by atoms with van der Waals surface area (Å²) in [5.74, 6) is 0. The van der Waals surface area contributed by atoms with Crippen LogP contribution in [0.25, 0.3) is 33.7 Å². The molecule has 1 aliphatic heterocycles. The Morgan fingerprint density at radius 2 is 1.97 bits per heavy atom. The van der Waals surface area contributed by atoms with Gasteiger partial charge in [-0.3, -0.25) is 15.1 Å². The lowest BCUT2D eigenvalue weighted by Gasteiger charge is -2.25. The Morgan fingerprint density at radius 1 is 1.03 bits per heavy atom. The smallest absolute Gasteiger partial charge is 0.0928 e. The zero-order valence-electron chi connectivity index (χ0n) is 16.6. The number of fused-ring (bicyclic) bond motifs is 1. The molecule has 0 saturated carbocycles. The van der Waals surface area contributed by atoms with Gasteiger partial charge in [-0.25, -0.2) is 4.98 Å². The molecule has 1 fully saturated rings. The lowest BCUT2D eigenvalue weighted by atomic mass is 10.1. The van der Waals surface area contributed by atoms with Crippen LogP contribution in [0.1, 0.15) is 12.1 Å². The molecule has 2 N–H and O–H groups in total. The first-order valence-corrected chi connectivity index (χ1v) is 9.87. The van der Waals surface area contributed by atoms with Gasteiger partial charge in [0.05, 0.1) is 46.2 Å². The first-order chi connectivity index (χ1) is 14.2. The number of pyridine rings is 3. The van der Waals surface area contributed by atoms with Crippen molar-refractivity contribution in [3.8, 4) is 22.6 Å². The van der Waals surface area contributed by atoms with Crippen LogP contribution in [0.15, 0.2) is 48.8 Å². The van der Waals surface area contributed by atoms with E-state index in [0.717, 1.165) is 64.6 Å². The number of nitrogens with zero attached hydrogens (tertiary/aromatic N) is 5. The average molecular weight is 385 g/mol. The van der Waals surface area contributed by atoms with Crippen molar-refractivity contribution < 1.29 is 0 Å². The van der Waals surface area contributed by atoms with Crippen LogP contribution < -0.4 is 10.2 Å². The maximum Gasteiger partial charge on any atom is 0.0928 e. The number of aryl methyl sites for hydroxylation is 1. The van der Waals surface area contributed by atoms with Gasteiger partial charge in [-0.15, -0.1) is 0 Å². The normalized spacial score (nSPS) is 16.4. The van der Waals surface area contributed by atoms with E-state index in [2.05, 4.69) is 43.5 Å². The van der Waals surface area contributed by atoms with E-state index < -0.39 is 0 Å². The second kappa shape index (κ2) is 7.25. The Morgan fingerprint density at radius 3 is 2.79 bits per heavy atom. The number of H-pyrrole nitrogens is 1. The zero-order chi connectivity index (χ0) is 19.8. The SMILES string of the molecule is Cc1cccc(-c2[nH]ncc2-c2ccc3ncc(N(C)C4CCNC4)cc3n2)n1. The minimum absolute atomic E-state index is 0.491. The van der Waals surface area contributed by atoms with E-state index in [1.165, 1.54) is 0 Å². The van der Waals surface area contributed by atoms with Gasteiger partial charge in [0.2, 0.25) is 0 Å². The summed E-state index contributed by atoms with van der Waals surface area (Å²) in [6, 6.07) is 12.6. The lowest BCUT2D eigenvalue weighted by molar-refractivity contribution is 0.685. The van der Waals surface area contributed by atoms with Crippen molar-refractivity contribution in [1.29, 1.82) is 0 Å². The first kappa shape index (κ1) is 17.8. The fourth-order valence-corrected chi connectivity index (χ4v) is 3.88. The molecule has 1 atom stereocenters. The maximum atomic E-state index is 4.90. The van der Waals surface area contributed by atoms with Gasteiger partial charge in [0.15, 0.2) is 0 Å². The number of hydrogen-bond acceptors (Lipinski definition) is 6.